The molecule has 2 aliphatic rings. The molecule has 2 heterocycles. The molecule has 1 aliphatic carbocycles. The molecule has 5 nitrogen and oxygen atoms in total. The summed E-state index contributed by atoms with van der Waals surface area (Å²) in [6, 6.07) is 8.03. The number of para-hydroxylation sites is 1. The van der Waals surface area contributed by atoms with Gasteiger partial charge in [0.05, 0.1) is 41.9 Å². The number of ether oxygens (including phenoxy) is 1. The van der Waals surface area contributed by atoms with E-state index in [0.717, 1.165) is 66.7 Å². The molecule has 2 fully saturated rings. The van der Waals surface area contributed by atoms with Gasteiger partial charge in [-0.25, -0.2) is 0 Å². The van der Waals surface area contributed by atoms with Gasteiger partial charge in [-0.3, -0.25) is 4.98 Å². The van der Waals surface area contributed by atoms with E-state index in [1.807, 2.05) is 24.3 Å². The molecular formula is C19H25N3O2. The summed E-state index contributed by atoms with van der Waals surface area (Å²) < 4.78 is 5.50. The third-order valence-electron chi connectivity index (χ3n) is 5.34. The van der Waals surface area contributed by atoms with Gasteiger partial charge in [-0.1, -0.05) is 31.0 Å². The first-order valence-corrected chi connectivity index (χ1v) is 8.94. The van der Waals surface area contributed by atoms with E-state index in [1.54, 1.807) is 0 Å². The Kier molecular flexibility index (Phi) is 4.29. The fourth-order valence-corrected chi connectivity index (χ4v) is 4.06. The number of anilines is 2. The zero-order valence-corrected chi connectivity index (χ0v) is 13.9. The summed E-state index contributed by atoms with van der Waals surface area (Å²) in [6.45, 7) is 3.05. The number of nitrogens with two attached hydrogens (primary N) is 1. The van der Waals surface area contributed by atoms with Crippen molar-refractivity contribution in [2.45, 2.75) is 37.7 Å². The predicted molar refractivity (Wildman–Crippen MR) is 96.4 cm³/mol. The lowest BCUT2D eigenvalue weighted by Gasteiger charge is -2.35. The van der Waals surface area contributed by atoms with E-state index >= 15 is 0 Å². The van der Waals surface area contributed by atoms with Gasteiger partial charge in [-0.2, -0.15) is 0 Å². The highest BCUT2D eigenvalue weighted by Gasteiger charge is 2.31. The predicted octanol–water partition coefficient (Wildman–Crippen LogP) is 2.67. The van der Waals surface area contributed by atoms with E-state index in [2.05, 4.69) is 4.90 Å². The summed E-state index contributed by atoms with van der Waals surface area (Å²) in [5.41, 5.74) is 10.3. The second-order valence-corrected chi connectivity index (χ2v) is 6.83. The van der Waals surface area contributed by atoms with Crippen molar-refractivity contribution in [3.05, 3.63) is 30.0 Å². The Morgan fingerprint density at radius 3 is 2.67 bits per heavy atom. The van der Waals surface area contributed by atoms with Gasteiger partial charge in [0.15, 0.2) is 0 Å². The highest BCUT2D eigenvalue weighted by molar-refractivity contribution is 5.97. The maximum atomic E-state index is 10.6. The van der Waals surface area contributed by atoms with Crippen LogP contribution in [0.15, 0.2) is 24.3 Å². The van der Waals surface area contributed by atoms with E-state index in [4.69, 9.17) is 15.5 Å². The first-order chi connectivity index (χ1) is 11.8. The molecule has 3 N–H and O–H groups in total. The fraction of sp³-hybridized carbons (Fsp3) is 0.526. The van der Waals surface area contributed by atoms with Crippen LogP contribution in [0, 0.1) is 0 Å². The van der Waals surface area contributed by atoms with Gasteiger partial charge in [0.2, 0.25) is 0 Å². The summed E-state index contributed by atoms with van der Waals surface area (Å²) in [6.07, 6.45) is 3.73. The normalized spacial score (nSPS) is 25.1. The van der Waals surface area contributed by atoms with E-state index in [1.165, 1.54) is 0 Å². The molecule has 1 aromatic heterocycles. The SMILES string of the molecule is Nc1c(N2CCOCC2)c(C2CCCCC2O)nc2ccccc12. The van der Waals surface area contributed by atoms with Crippen molar-refractivity contribution in [3.8, 4) is 0 Å². The standard InChI is InChI=1S/C19H25N3O2/c20-17-13-5-1-3-7-15(13)21-18(14-6-2-4-8-16(14)23)19(17)22-9-11-24-12-10-22/h1,3,5,7,14,16,23H,2,4,6,8-12H2,(H2,20,21). The molecule has 0 amide bonds. The van der Waals surface area contributed by atoms with Crippen LogP contribution in [-0.2, 0) is 4.74 Å². The fourth-order valence-electron chi connectivity index (χ4n) is 4.06. The largest absolute Gasteiger partial charge is 0.396 e. The lowest BCUT2D eigenvalue weighted by Crippen LogP contribution is -2.38. The van der Waals surface area contributed by atoms with E-state index in [9.17, 15) is 5.11 Å². The second-order valence-electron chi connectivity index (χ2n) is 6.83. The summed E-state index contributed by atoms with van der Waals surface area (Å²) >= 11 is 0. The average Bonchev–Trinajstić information content (AvgIpc) is 2.63. The van der Waals surface area contributed by atoms with Crippen molar-refractivity contribution >= 4 is 22.3 Å². The first kappa shape index (κ1) is 15.7. The molecule has 24 heavy (non-hydrogen) atoms. The molecule has 4 rings (SSSR count). The summed E-state index contributed by atoms with van der Waals surface area (Å²) in [5, 5.41) is 11.6. The first-order valence-electron chi connectivity index (χ1n) is 8.94. The van der Waals surface area contributed by atoms with Gasteiger partial charge >= 0.3 is 0 Å². The van der Waals surface area contributed by atoms with Gasteiger partial charge in [-0.15, -0.1) is 0 Å². The number of aliphatic hydroxyl groups is 1. The van der Waals surface area contributed by atoms with Crippen LogP contribution in [0.25, 0.3) is 10.9 Å². The molecule has 5 heteroatoms. The van der Waals surface area contributed by atoms with Crippen LogP contribution >= 0.6 is 0 Å². The third kappa shape index (κ3) is 2.72. The highest BCUT2D eigenvalue weighted by Crippen LogP contribution is 2.42. The summed E-state index contributed by atoms with van der Waals surface area (Å²) in [7, 11) is 0. The molecule has 1 aliphatic heterocycles. The number of benzene rings is 1. The Hall–Kier alpha value is -1.85. The number of morpholine rings is 1. The van der Waals surface area contributed by atoms with Crippen LogP contribution in [0.5, 0.6) is 0 Å². The number of nitrogens with zero attached hydrogens (tertiary/aromatic N) is 2. The molecule has 2 atom stereocenters. The van der Waals surface area contributed by atoms with E-state index in [0.29, 0.717) is 13.2 Å². The summed E-state index contributed by atoms with van der Waals surface area (Å²) in [5.74, 6) is 0.0727. The minimum atomic E-state index is -0.327. The molecule has 0 bridgehead atoms. The third-order valence-corrected chi connectivity index (χ3v) is 5.34. The number of fused-ring (bicyclic) bond motifs is 1. The van der Waals surface area contributed by atoms with Gasteiger partial charge in [-0.05, 0) is 18.9 Å². The maximum absolute atomic E-state index is 10.6. The molecule has 128 valence electrons. The van der Waals surface area contributed by atoms with Crippen LogP contribution in [0.3, 0.4) is 0 Å². The number of hydrogen-bond donors (Lipinski definition) is 2. The Labute approximate surface area is 142 Å². The Balaban J connectivity index is 1.88. The number of nitrogen functional groups attached to an aromatic ring is 1. The van der Waals surface area contributed by atoms with E-state index < -0.39 is 0 Å². The van der Waals surface area contributed by atoms with Crippen molar-refractivity contribution in [2.24, 2.45) is 0 Å². The molecular weight excluding hydrogens is 302 g/mol. The Morgan fingerprint density at radius 2 is 1.88 bits per heavy atom. The van der Waals surface area contributed by atoms with Gasteiger partial charge in [0.25, 0.3) is 0 Å². The average molecular weight is 327 g/mol. The number of aliphatic hydroxyl groups excluding tert-OH is 1. The zero-order chi connectivity index (χ0) is 16.5. The number of pyridine rings is 1. The van der Waals surface area contributed by atoms with Crippen LogP contribution in [0.1, 0.15) is 37.3 Å². The Bertz CT molecular complexity index is 728. The number of rotatable bonds is 2. The lowest BCUT2D eigenvalue weighted by molar-refractivity contribution is 0.104. The zero-order valence-electron chi connectivity index (χ0n) is 13.9. The minimum absolute atomic E-state index is 0.0727. The van der Waals surface area contributed by atoms with Crippen molar-refractivity contribution < 1.29 is 9.84 Å². The van der Waals surface area contributed by atoms with Gasteiger partial charge in [0.1, 0.15) is 0 Å². The molecule has 2 unspecified atom stereocenters. The monoisotopic (exact) mass is 327 g/mol. The molecule has 0 spiro atoms. The number of hydrogen-bond acceptors (Lipinski definition) is 5. The van der Waals surface area contributed by atoms with Gasteiger partial charge in [0, 0.05) is 24.4 Å². The van der Waals surface area contributed by atoms with Crippen molar-refractivity contribution in [2.75, 3.05) is 36.9 Å². The highest BCUT2D eigenvalue weighted by atomic mass is 16.5. The van der Waals surface area contributed by atoms with Crippen LogP contribution in [0.2, 0.25) is 0 Å². The lowest BCUT2D eigenvalue weighted by atomic mass is 9.83. The van der Waals surface area contributed by atoms with Crippen molar-refractivity contribution in [3.63, 3.8) is 0 Å². The van der Waals surface area contributed by atoms with E-state index in [-0.39, 0.29) is 12.0 Å². The molecule has 1 aromatic carbocycles. The van der Waals surface area contributed by atoms with Gasteiger partial charge < -0.3 is 20.5 Å². The van der Waals surface area contributed by atoms with Crippen LogP contribution in [-0.4, -0.2) is 42.5 Å². The molecule has 2 aromatic rings. The smallest absolute Gasteiger partial charge is 0.0831 e. The minimum Gasteiger partial charge on any atom is -0.396 e. The second kappa shape index (κ2) is 6.57. The quantitative estimate of drug-likeness (QED) is 0.887. The Morgan fingerprint density at radius 1 is 1.12 bits per heavy atom. The van der Waals surface area contributed by atoms with Crippen LogP contribution in [0.4, 0.5) is 11.4 Å². The van der Waals surface area contributed by atoms with Crippen molar-refractivity contribution in [1.82, 2.24) is 4.98 Å². The van der Waals surface area contributed by atoms with Crippen molar-refractivity contribution in [1.29, 1.82) is 0 Å². The maximum Gasteiger partial charge on any atom is 0.0831 e. The topological polar surface area (TPSA) is 71.6 Å². The number of aromatic nitrogens is 1. The van der Waals surface area contributed by atoms with Crippen LogP contribution < -0.4 is 10.6 Å². The molecule has 1 saturated heterocycles. The summed E-state index contributed by atoms with van der Waals surface area (Å²) in [4.78, 5) is 7.25. The molecule has 0 radical (unpaired) electrons. The molecule has 1 saturated carbocycles.